The number of nitrogens with one attached hydrogen (secondary N) is 2. The number of aromatic nitrogens is 2. The number of amides is 1. The van der Waals surface area contributed by atoms with Crippen LogP contribution in [0, 0.1) is 25.2 Å². The molecule has 0 aliphatic carbocycles. The number of carbonyl (C=O) groups is 1. The van der Waals surface area contributed by atoms with Crippen molar-refractivity contribution < 1.29 is 4.79 Å². The molecule has 5 aromatic rings. The van der Waals surface area contributed by atoms with Crippen LogP contribution >= 0.6 is 0 Å². The second-order valence-corrected chi connectivity index (χ2v) is 9.24. The van der Waals surface area contributed by atoms with E-state index in [1.807, 2.05) is 53.1 Å². The molecular weight excluding hydrogens is 472 g/mol. The molecule has 0 aliphatic rings. The van der Waals surface area contributed by atoms with Crippen LogP contribution in [-0.4, -0.2) is 15.3 Å². The molecule has 2 aromatic heterocycles. The molecule has 4 N–H and O–H groups in total. The lowest BCUT2D eigenvalue weighted by atomic mass is 10.1. The van der Waals surface area contributed by atoms with Gasteiger partial charge >= 0.3 is 0 Å². The number of nitrogens with zero attached hydrogens (tertiary/aromatic N) is 3. The van der Waals surface area contributed by atoms with Gasteiger partial charge in [-0.2, -0.15) is 5.26 Å². The van der Waals surface area contributed by atoms with Crippen LogP contribution < -0.4 is 16.4 Å². The first kappa shape index (κ1) is 24.8. The molecule has 1 amide bonds. The molecule has 0 unspecified atom stereocenters. The lowest BCUT2D eigenvalue weighted by Crippen LogP contribution is -2.23. The topological polar surface area (TPSA) is 108 Å². The van der Waals surface area contributed by atoms with E-state index in [2.05, 4.69) is 42.7 Å². The number of hydrogen-bond donors (Lipinski definition) is 3. The molecule has 0 spiro atoms. The van der Waals surface area contributed by atoms with E-state index in [0.29, 0.717) is 29.9 Å². The van der Waals surface area contributed by atoms with Gasteiger partial charge in [-0.1, -0.05) is 54.6 Å². The highest BCUT2D eigenvalue weighted by Gasteiger charge is 2.18. The van der Waals surface area contributed by atoms with Crippen LogP contribution in [0.25, 0.3) is 16.9 Å². The largest absolute Gasteiger partial charge is 0.348 e. The number of nitrogens with two attached hydrogens (primary N) is 1. The molecule has 0 saturated carbocycles. The van der Waals surface area contributed by atoms with E-state index in [0.717, 1.165) is 45.0 Å². The van der Waals surface area contributed by atoms with Crippen molar-refractivity contribution in [3.8, 4) is 17.3 Å². The summed E-state index contributed by atoms with van der Waals surface area (Å²) in [6.45, 7) is 4.98. The Morgan fingerprint density at radius 1 is 0.974 bits per heavy atom. The summed E-state index contributed by atoms with van der Waals surface area (Å²) in [5.74, 6) is 0.602. The molecule has 0 fully saturated rings. The predicted molar refractivity (Wildman–Crippen MR) is 150 cm³/mol. The van der Waals surface area contributed by atoms with E-state index in [1.165, 1.54) is 0 Å². The smallest absolute Gasteiger partial charge is 0.251 e. The Balaban J connectivity index is 1.51. The third-order valence-electron chi connectivity index (χ3n) is 6.58. The van der Waals surface area contributed by atoms with Crippen LogP contribution in [-0.2, 0) is 13.1 Å². The number of fused-ring (bicyclic) bond motifs is 1. The van der Waals surface area contributed by atoms with Crippen LogP contribution in [0.15, 0.2) is 85.1 Å². The van der Waals surface area contributed by atoms with Crippen molar-refractivity contribution in [3.05, 3.63) is 118 Å². The molecule has 188 valence electrons. The Labute approximate surface area is 221 Å². The number of hydrogen-bond acceptors (Lipinski definition) is 5. The van der Waals surface area contributed by atoms with Crippen molar-refractivity contribution >= 4 is 23.1 Å². The first-order valence-corrected chi connectivity index (χ1v) is 12.4. The van der Waals surface area contributed by atoms with E-state index in [9.17, 15) is 10.1 Å². The average molecular weight is 501 g/mol. The van der Waals surface area contributed by atoms with Gasteiger partial charge in [0.25, 0.3) is 5.91 Å². The zero-order chi connectivity index (χ0) is 26.6. The van der Waals surface area contributed by atoms with Gasteiger partial charge in [-0.05, 0) is 60.4 Å². The van der Waals surface area contributed by atoms with Crippen LogP contribution in [0.2, 0.25) is 0 Å². The first-order chi connectivity index (χ1) is 18.5. The summed E-state index contributed by atoms with van der Waals surface area (Å²) >= 11 is 0. The number of rotatable bonds is 7. The third kappa shape index (κ3) is 4.99. The maximum absolute atomic E-state index is 13.0. The van der Waals surface area contributed by atoms with E-state index in [1.54, 1.807) is 24.3 Å². The lowest BCUT2D eigenvalue weighted by molar-refractivity contribution is 0.0951. The summed E-state index contributed by atoms with van der Waals surface area (Å²) in [6.07, 6.45) is 1.86. The van der Waals surface area contributed by atoms with E-state index in [-0.39, 0.29) is 5.91 Å². The van der Waals surface area contributed by atoms with Gasteiger partial charge in [0.15, 0.2) is 0 Å². The number of benzene rings is 3. The molecule has 38 heavy (non-hydrogen) atoms. The van der Waals surface area contributed by atoms with Crippen molar-refractivity contribution in [2.45, 2.75) is 26.9 Å². The van der Waals surface area contributed by atoms with Gasteiger partial charge in [-0.15, -0.1) is 0 Å². The van der Waals surface area contributed by atoms with Crippen LogP contribution in [0.4, 0.5) is 11.5 Å². The maximum atomic E-state index is 13.0. The number of anilines is 2. The van der Waals surface area contributed by atoms with Gasteiger partial charge in [-0.25, -0.2) is 4.98 Å². The fraction of sp³-hybridized carbons (Fsp3) is 0.129. The minimum atomic E-state index is -0.183. The molecule has 0 saturated heterocycles. The van der Waals surface area contributed by atoms with Crippen LogP contribution in [0.3, 0.4) is 0 Å². The quantitative estimate of drug-likeness (QED) is 0.269. The highest BCUT2D eigenvalue weighted by Crippen LogP contribution is 2.33. The molecule has 7 heteroatoms. The molecule has 7 nitrogen and oxygen atoms in total. The summed E-state index contributed by atoms with van der Waals surface area (Å²) in [6, 6.07) is 27.1. The number of aryl methyl sites for hydroxylation is 2. The lowest BCUT2D eigenvalue weighted by Gasteiger charge is -2.14. The SMILES string of the molecule is Cc1cccc(C)c1Nc1c(-c2ccc(C#N)cc2)nc2cc(C(=O)NCc3cccc(CN)c3)ccn12. The van der Waals surface area contributed by atoms with Gasteiger partial charge in [0.2, 0.25) is 0 Å². The zero-order valence-electron chi connectivity index (χ0n) is 21.3. The molecule has 0 bridgehead atoms. The minimum absolute atomic E-state index is 0.183. The van der Waals surface area contributed by atoms with Crippen LogP contribution in [0.1, 0.15) is 38.2 Å². The highest BCUT2D eigenvalue weighted by molar-refractivity contribution is 5.95. The molecular formula is C31H28N6O. The number of nitriles is 1. The normalized spacial score (nSPS) is 10.8. The number of pyridine rings is 1. The molecule has 3 aromatic carbocycles. The highest BCUT2D eigenvalue weighted by atomic mass is 16.1. The Morgan fingerprint density at radius 2 is 1.68 bits per heavy atom. The fourth-order valence-electron chi connectivity index (χ4n) is 4.49. The summed E-state index contributed by atoms with van der Waals surface area (Å²) in [5.41, 5.74) is 14.3. The van der Waals surface area contributed by atoms with Gasteiger partial charge in [0, 0.05) is 36.1 Å². The molecule has 5 rings (SSSR count). The van der Waals surface area contributed by atoms with Gasteiger partial charge in [-0.3, -0.25) is 9.20 Å². The van der Waals surface area contributed by atoms with Crippen molar-refractivity contribution in [2.75, 3.05) is 5.32 Å². The van der Waals surface area contributed by atoms with Crippen molar-refractivity contribution in [1.82, 2.24) is 14.7 Å². The Morgan fingerprint density at radius 3 is 2.39 bits per heavy atom. The molecule has 0 atom stereocenters. The molecule has 0 aliphatic heterocycles. The monoisotopic (exact) mass is 500 g/mol. The zero-order valence-corrected chi connectivity index (χ0v) is 21.3. The average Bonchev–Trinajstić information content (AvgIpc) is 3.31. The van der Waals surface area contributed by atoms with Crippen molar-refractivity contribution in [1.29, 1.82) is 5.26 Å². The standard InChI is InChI=1S/C31H28N6O/c1-20-5-3-6-21(2)28(20)36-30-29(25-11-9-22(17-32)10-12-25)35-27-16-26(13-14-37(27)30)31(38)34-19-24-8-4-7-23(15-24)18-33/h3-16,36H,18-19,33H2,1-2H3,(H,34,38). The maximum Gasteiger partial charge on any atom is 0.251 e. The minimum Gasteiger partial charge on any atom is -0.348 e. The van der Waals surface area contributed by atoms with Crippen LogP contribution in [0.5, 0.6) is 0 Å². The summed E-state index contributed by atoms with van der Waals surface area (Å²) in [7, 11) is 0. The Kier molecular flexibility index (Phi) is 6.90. The van der Waals surface area contributed by atoms with E-state index < -0.39 is 0 Å². The second kappa shape index (κ2) is 10.6. The summed E-state index contributed by atoms with van der Waals surface area (Å²) in [5, 5.41) is 15.8. The third-order valence-corrected chi connectivity index (χ3v) is 6.58. The summed E-state index contributed by atoms with van der Waals surface area (Å²) in [4.78, 5) is 17.9. The second-order valence-electron chi connectivity index (χ2n) is 9.24. The number of para-hydroxylation sites is 1. The molecule has 2 heterocycles. The van der Waals surface area contributed by atoms with Crippen molar-refractivity contribution in [3.63, 3.8) is 0 Å². The molecule has 0 radical (unpaired) electrons. The first-order valence-electron chi connectivity index (χ1n) is 12.4. The number of carbonyl (C=O) groups excluding carboxylic acids is 1. The predicted octanol–water partition coefficient (Wildman–Crippen LogP) is 5.62. The van der Waals surface area contributed by atoms with Crippen molar-refractivity contribution in [2.24, 2.45) is 5.73 Å². The van der Waals surface area contributed by atoms with Gasteiger partial charge in [0.05, 0.1) is 11.6 Å². The fourth-order valence-corrected chi connectivity index (χ4v) is 4.49. The van der Waals surface area contributed by atoms with E-state index in [4.69, 9.17) is 10.7 Å². The van der Waals surface area contributed by atoms with Gasteiger partial charge < -0.3 is 16.4 Å². The summed E-state index contributed by atoms with van der Waals surface area (Å²) < 4.78 is 1.95. The Bertz CT molecular complexity index is 1660. The number of imidazole rings is 1. The Hall–Kier alpha value is -4.93. The van der Waals surface area contributed by atoms with E-state index >= 15 is 0 Å². The van der Waals surface area contributed by atoms with Gasteiger partial charge in [0.1, 0.15) is 17.2 Å².